The molecule has 24 heavy (non-hydrogen) atoms. The number of benzene rings is 2. The average Bonchev–Trinajstić information content (AvgIpc) is 2.90. The molecule has 0 atom stereocenters. The van der Waals surface area contributed by atoms with Crippen molar-refractivity contribution < 1.29 is 14.3 Å². The molecular formula is C18H13IN2O3. The number of ether oxygens (including phenoxy) is 1. The van der Waals surface area contributed by atoms with E-state index in [9.17, 15) is 9.59 Å². The van der Waals surface area contributed by atoms with Crippen LogP contribution in [0.2, 0.25) is 0 Å². The largest absolute Gasteiger partial charge is 0.402 e. The lowest BCUT2D eigenvalue weighted by Crippen LogP contribution is -2.06. The summed E-state index contributed by atoms with van der Waals surface area (Å²) >= 11 is 2.17. The van der Waals surface area contributed by atoms with Crippen molar-refractivity contribution in [2.24, 2.45) is 4.99 Å². The van der Waals surface area contributed by atoms with Gasteiger partial charge >= 0.3 is 5.97 Å². The number of amides is 1. The zero-order chi connectivity index (χ0) is 17.1. The lowest BCUT2D eigenvalue weighted by atomic mass is 10.1. The van der Waals surface area contributed by atoms with Crippen LogP contribution >= 0.6 is 22.6 Å². The Balaban J connectivity index is 1.86. The Morgan fingerprint density at radius 2 is 1.88 bits per heavy atom. The van der Waals surface area contributed by atoms with E-state index in [2.05, 4.69) is 32.9 Å². The highest BCUT2D eigenvalue weighted by molar-refractivity contribution is 14.1. The van der Waals surface area contributed by atoms with E-state index in [1.807, 2.05) is 24.3 Å². The molecular weight excluding hydrogens is 419 g/mol. The molecule has 1 aliphatic rings. The minimum Gasteiger partial charge on any atom is -0.402 e. The summed E-state index contributed by atoms with van der Waals surface area (Å²) in [6.07, 6.45) is 1.66. The van der Waals surface area contributed by atoms with Crippen molar-refractivity contribution in [1.82, 2.24) is 0 Å². The fraction of sp³-hybridized carbons (Fsp3) is 0.0556. The van der Waals surface area contributed by atoms with E-state index in [0.29, 0.717) is 11.6 Å². The maximum absolute atomic E-state index is 12.0. The van der Waals surface area contributed by atoms with E-state index in [-0.39, 0.29) is 11.6 Å². The number of nitrogens with zero attached hydrogens (tertiary/aromatic N) is 1. The van der Waals surface area contributed by atoms with Gasteiger partial charge in [0.2, 0.25) is 11.8 Å². The fourth-order valence-electron chi connectivity index (χ4n) is 2.18. The van der Waals surface area contributed by atoms with Gasteiger partial charge in [0.15, 0.2) is 5.70 Å². The molecule has 0 bridgehead atoms. The van der Waals surface area contributed by atoms with Gasteiger partial charge in [0.05, 0.1) is 5.56 Å². The number of esters is 1. The highest BCUT2D eigenvalue weighted by Crippen LogP contribution is 2.22. The number of cyclic esters (lactones) is 1. The third-order valence-corrected chi connectivity index (χ3v) is 4.20. The van der Waals surface area contributed by atoms with Crippen molar-refractivity contribution in [2.45, 2.75) is 6.92 Å². The fourth-order valence-corrected chi connectivity index (χ4v) is 2.80. The lowest BCUT2D eigenvalue weighted by Gasteiger charge is -2.01. The number of rotatable bonds is 3. The number of aliphatic imine (C=N–C) groups is 1. The van der Waals surface area contributed by atoms with Crippen LogP contribution in [0.5, 0.6) is 0 Å². The van der Waals surface area contributed by atoms with E-state index in [0.717, 1.165) is 14.7 Å². The van der Waals surface area contributed by atoms with Gasteiger partial charge in [0.1, 0.15) is 0 Å². The van der Waals surface area contributed by atoms with Gasteiger partial charge in [-0.05, 0) is 58.5 Å². The zero-order valence-corrected chi connectivity index (χ0v) is 14.9. The van der Waals surface area contributed by atoms with Crippen molar-refractivity contribution in [1.29, 1.82) is 0 Å². The molecule has 1 amide bonds. The molecule has 0 radical (unpaired) electrons. The van der Waals surface area contributed by atoms with E-state index in [4.69, 9.17) is 4.74 Å². The van der Waals surface area contributed by atoms with Gasteiger partial charge in [-0.1, -0.05) is 24.3 Å². The van der Waals surface area contributed by atoms with Crippen LogP contribution in [0.25, 0.3) is 6.08 Å². The van der Waals surface area contributed by atoms with Crippen molar-refractivity contribution >= 4 is 52.1 Å². The summed E-state index contributed by atoms with van der Waals surface area (Å²) in [7, 11) is 0. The van der Waals surface area contributed by atoms with Crippen molar-refractivity contribution in [3.05, 3.63) is 68.9 Å². The van der Waals surface area contributed by atoms with Crippen LogP contribution in [0, 0.1) is 3.57 Å². The molecule has 1 N–H and O–H groups in total. The van der Waals surface area contributed by atoms with Gasteiger partial charge in [0.25, 0.3) is 0 Å². The summed E-state index contributed by atoms with van der Waals surface area (Å²) in [5, 5.41) is 2.69. The van der Waals surface area contributed by atoms with Gasteiger partial charge in [0, 0.05) is 16.2 Å². The number of carbonyl (C=O) groups is 2. The van der Waals surface area contributed by atoms with E-state index >= 15 is 0 Å². The number of hydrogen-bond acceptors (Lipinski definition) is 4. The SMILES string of the molecule is CC(=O)Nc1ccc(/C=C2\N=C(c3ccccc3I)OC2=O)cc1. The highest BCUT2D eigenvalue weighted by Gasteiger charge is 2.25. The maximum Gasteiger partial charge on any atom is 0.363 e. The second-order valence-corrected chi connectivity index (χ2v) is 6.28. The monoisotopic (exact) mass is 432 g/mol. The summed E-state index contributed by atoms with van der Waals surface area (Å²) in [6, 6.07) is 14.7. The molecule has 120 valence electrons. The van der Waals surface area contributed by atoms with Crippen molar-refractivity contribution in [2.75, 3.05) is 5.32 Å². The van der Waals surface area contributed by atoms with Crippen LogP contribution in [0.4, 0.5) is 5.69 Å². The molecule has 3 rings (SSSR count). The molecule has 2 aromatic rings. The number of nitrogens with one attached hydrogen (secondary N) is 1. The standard InChI is InChI=1S/C18H13IN2O3/c1-11(22)20-13-8-6-12(7-9-13)10-16-18(23)24-17(21-16)14-4-2-3-5-15(14)19/h2-10H,1H3,(H,20,22)/b16-10-. The predicted molar refractivity (Wildman–Crippen MR) is 101 cm³/mol. The maximum atomic E-state index is 12.0. The third kappa shape index (κ3) is 3.70. The smallest absolute Gasteiger partial charge is 0.363 e. The Hall–Kier alpha value is -2.48. The zero-order valence-electron chi connectivity index (χ0n) is 12.7. The molecule has 5 nitrogen and oxygen atoms in total. The number of halogens is 1. The first-order valence-electron chi connectivity index (χ1n) is 7.18. The van der Waals surface area contributed by atoms with Crippen molar-refractivity contribution in [3.63, 3.8) is 0 Å². The van der Waals surface area contributed by atoms with E-state index in [1.165, 1.54) is 6.92 Å². The molecule has 1 aliphatic heterocycles. The number of hydrogen-bond donors (Lipinski definition) is 1. The van der Waals surface area contributed by atoms with Gasteiger partial charge in [-0.25, -0.2) is 9.79 Å². The predicted octanol–water partition coefficient (Wildman–Crippen LogP) is 3.59. The normalized spacial score (nSPS) is 15.2. The molecule has 0 saturated carbocycles. The van der Waals surface area contributed by atoms with Crippen LogP contribution in [0.15, 0.2) is 59.2 Å². The van der Waals surface area contributed by atoms with Crippen LogP contribution in [-0.2, 0) is 14.3 Å². The van der Waals surface area contributed by atoms with E-state index < -0.39 is 5.97 Å². The second kappa shape index (κ2) is 6.96. The molecule has 0 aliphatic carbocycles. The number of anilines is 1. The van der Waals surface area contributed by atoms with Gasteiger partial charge in [-0.3, -0.25) is 4.79 Å². The summed E-state index contributed by atoms with van der Waals surface area (Å²) in [4.78, 5) is 27.3. The van der Waals surface area contributed by atoms with Crippen LogP contribution in [0.1, 0.15) is 18.1 Å². The Bertz CT molecular complexity index is 870. The Morgan fingerprint density at radius 1 is 1.17 bits per heavy atom. The topological polar surface area (TPSA) is 67.8 Å². The second-order valence-electron chi connectivity index (χ2n) is 5.12. The summed E-state index contributed by atoms with van der Waals surface area (Å²) in [6.45, 7) is 1.45. The lowest BCUT2D eigenvalue weighted by molar-refractivity contribution is -0.129. The average molecular weight is 432 g/mol. The molecule has 0 spiro atoms. The number of carbonyl (C=O) groups excluding carboxylic acids is 2. The van der Waals surface area contributed by atoms with Gasteiger partial charge in [-0.15, -0.1) is 0 Å². The van der Waals surface area contributed by atoms with Gasteiger partial charge < -0.3 is 10.1 Å². The molecule has 0 fully saturated rings. The Kier molecular flexibility index (Phi) is 4.75. The van der Waals surface area contributed by atoms with Crippen LogP contribution in [-0.4, -0.2) is 17.8 Å². The summed E-state index contributed by atoms with van der Waals surface area (Å²) in [5.74, 6) is -0.297. The Morgan fingerprint density at radius 3 is 2.54 bits per heavy atom. The van der Waals surface area contributed by atoms with Gasteiger partial charge in [-0.2, -0.15) is 0 Å². The highest BCUT2D eigenvalue weighted by atomic mass is 127. The minimum absolute atomic E-state index is 0.132. The summed E-state index contributed by atoms with van der Waals surface area (Å²) < 4.78 is 6.23. The summed E-state index contributed by atoms with van der Waals surface area (Å²) in [5.41, 5.74) is 2.53. The third-order valence-electron chi connectivity index (χ3n) is 3.26. The molecule has 1 heterocycles. The first kappa shape index (κ1) is 16.4. The molecule has 0 unspecified atom stereocenters. The van der Waals surface area contributed by atoms with Crippen LogP contribution in [0.3, 0.4) is 0 Å². The minimum atomic E-state index is -0.476. The Labute approximate surface area is 152 Å². The molecule has 0 saturated heterocycles. The van der Waals surface area contributed by atoms with Crippen molar-refractivity contribution in [3.8, 4) is 0 Å². The quantitative estimate of drug-likeness (QED) is 0.458. The molecule has 0 aromatic heterocycles. The van der Waals surface area contributed by atoms with E-state index in [1.54, 1.807) is 30.3 Å². The molecule has 6 heteroatoms. The van der Waals surface area contributed by atoms with Crippen LogP contribution < -0.4 is 5.32 Å². The molecule has 2 aromatic carbocycles. The first-order chi connectivity index (χ1) is 11.5. The first-order valence-corrected chi connectivity index (χ1v) is 8.26.